The lowest BCUT2D eigenvalue weighted by Gasteiger charge is -1.98. The quantitative estimate of drug-likeness (QED) is 0.360. The first-order valence-electron chi connectivity index (χ1n) is 3.81. The summed E-state index contributed by atoms with van der Waals surface area (Å²) in [5, 5.41) is 2.31. The monoisotopic (exact) mass is 199 g/mol. The van der Waals surface area contributed by atoms with E-state index in [0.717, 1.165) is 7.11 Å². The molecule has 0 aliphatic carbocycles. The van der Waals surface area contributed by atoms with Crippen LogP contribution in [0.4, 0.5) is 0 Å². The molecule has 0 spiro atoms. The molecule has 0 amide bonds. The Morgan fingerprint density at radius 1 is 1.42 bits per heavy atom. The van der Waals surface area contributed by atoms with Crippen LogP contribution in [-0.2, 0) is 14.6 Å². The van der Waals surface area contributed by atoms with Gasteiger partial charge in [0.05, 0.1) is 20.2 Å². The Morgan fingerprint density at radius 2 is 1.83 bits per heavy atom. The number of quaternary nitrogens is 1. The molecule has 0 aliphatic rings. The van der Waals surface area contributed by atoms with E-state index in [9.17, 15) is 13.0 Å². The summed E-state index contributed by atoms with van der Waals surface area (Å²) in [5.74, 6) is 0. The lowest BCUT2D eigenvalue weighted by Crippen LogP contribution is -2.83. The van der Waals surface area contributed by atoms with Crippen molar-refractivity contribution in [2.45, 2.75) is 20.3 Å². The number of hydrogen-bond acceptors (Lipinski definition) is 4. The molecule has 6 heteroatoms. The minimum absolute atomic E-state index is 0.808. The van der Waals surface area contributed by atoms with E-state index in [1.807, 2.05) is 0 Å². The van der Waals surface area contributed by atoms with Crippen molar-refractivity contribution in [2.24, 2.45) is 0 Å². The minimum atomic E-state index is -4.41. The molecule has 0 bridgehead atoms. The van der Waals surface area contributed by atoms with Crippen LogP contribution in [0.3, 0.4) is 0 Å². The highest BCUT2D eigenvalue weighted by atomic mass is 32.3. The van der Waals surface area contributed by atoms with Gasteiger partial charge in [-0.15, -0.1) is 0 Å². The SMILES string of the molecule is CCC[NH2+]CC.COS(=O)(=O)[O-]. The second kappa shape index (κ2) is 8.92. The van der Waals surface area contributed by atoms with Crippen molar-refractivity contribution in [3.8, 4) is 0 Å². The minimum Gasteiger partial charge on any atom is -0.726 e. The first-order chi connectivity index (χ1) is 5.47. The van der Waals surface area contributed by atoms with E-state index >= 15 is 0 Å². The van der Waals surface area contributed by atoms with E-state index in [1.54, 1.807) is 0 Å². The van der Waals surface area contributed by atoms with Gasteiger partial charge in [-0.2, -0.15) is 0 Å². The van der Waals surface area contributed by atoms with Crippen LogP contribution in [0, 0.1) is 0 Å². The van der Waals surface area contributed by atoms with E-state index in [0.29, 0.717) is 0 Å². The van der Waals surface area contributed by atoms with Gasteiger partial charge in [0.15, 0.2) is 0 Å². The summed E-state index contributed by atoms with van der Waals surface area (Å²) in [7, 11) is -3.60. The van der Waals surface area contributed by atoms with Gasteiger partial charge in [0.25, 0.3) is 0 Å². The fraction of sp³-hybridized carbons (Fsp3) is 1.00. The molecule has 0 aromatic rings. The van der Waals surface area contributed by atoms with Crippen LogP contribution in [-0.4, -0.2) is 33.2 Å². The van der Waals surface area contributed by atoms with E-state index in [1.165, 1.54) is 19.5 Å². The average molecular weight is 199 g/mol. The molecular formula is C6H17NO4S. The standard InChI is InChI=1S/C5H13N.CH4O4S/c1-3-5-6-4-2;1-5-6(2,3)4/h6H,3-5H2,1-2H3;1H3,(H,2,3,4). The first-order valence-corrected chi connectivity index (χ1v) is 5.14. The Bertz CT molecular complexity index is 162. The summed E-state index contributed by atoms with van der Waals surface area (Å²) >= 11 is 0. The highest BCUT2D eigenvalue weighted by Gasteiger charge is 1.79. The molecule has 0 saturated carbocycles. The van der Waals surface area contributed by atoms with Crippen molar-refractivity contribution in [3.63, 3.8) is 0 Å². The third-order valence-electron chi connectivity index (χ3n) is 0.986. The van der Waals surface area contributed by atoms with Gasteiger partial charge in [0, 0.05) is 0 Å². The predicted molar refractivity (Wildman–Crippen MR) is 44.3 cm³/mol. The molecule has 12 heavy (non-hydrogen) atoms. The molecule has 0 heterocycles. The lowest BCUT2D eigenvalue weighted by atomic mass is 10.5. The molecule has 76 valence electrons. The topological polar surface area (TPSA) is 83.0 Å². The van der Waals surface area contributed by atoms with Crippen LogP contribution >= 0.6 is 0 Å². The zero-order valence-electron chi connectivity index (χ0n) is 7.74. The van der Waals surface area contributed by atoms with Crippen molar-refractivity contribution in [2.75, 3.05) is 20.2 Å². The molecule has 0 unspecified atom stereocenters. The first kappa shape index (κ1) is 14.4. The Morgan fingerprint density at radius 3 is 1.92 bits per heavy atom. The summed E-state index contributed by atoms with van der Waals surface area (Å²) in [6.45, 7) is 6.90. The van der Waals surface area contributed by atoms with E-state index in [4.69, 9.17) is 0 Å². The molecule has 0 atom stereocenters. The van der Waals surface area contributed by atoms with E-state index in [-0.39, 0.29) is 0 Å². The highest BCUT2D eigenvalue weighted by molar-refractivity contribution is 7.80. The number of hydrogen-bond donors (Lipinski definition) is 1. The summed E-state index contributed by atoms with van der Waals surface area (Å²) in [6, 6.07) is 0. The zero-order chi connectivity index (χ0) is 10.0. The van der Waals surface area contributed by atoms with E-state index < -0.39 is 10.4 Å². The van der Waals surface area contributed by atoms with Gasteiger partial charge in [0.1, 0.15) is 0 Å². The molecule has 2 N–H and O–H groups in total. The van der Waals surface area contributed by atoms with Crippen molar-refractivity contribution >= 4 is 10.4 Å². The van der Waals surface area contributed by atoms with Crippen molar-refractivity contribution in [1.29, 1.82) is 0 Å². The van der Waals surface area contributed by atoms with Gasteiger partial charge >= 0.3 is 0 Å². The Balaban J connectivity index is 0. The fourth-order valence-electron chi connectivity index (χ4n) is 0.408. The second-order valence-electron chi connectivity index (χ2n) is 2.06. The van der Waals surface area contributed by atoms with Crippen LogP contribution < -0.4 is 5.32 Å². The molecule has 5 nitrogen and oxygen atoms in total. The zero-order valence-corrected chi connectivity index (χ0v) is 8.56. The van der Waals surface area contributed by atoms with Crippen molar-refractivity contribution in [1.82, 2.24) is 0 Å². The molecule has 0 aliphatic heterocycles. The van der Waals surface area contributed by atoms with Gasteiger partial charge in [-0.3, -0.25) is 4.18 Å². The Kier molecular flexibility index (Phi) is 10.7. The third kappa shape index (κ3) is 22.5. The Labute approximate surface area is 74.1 Å². The van der Waals surface area contributed by atoms with Gasteiger partial charge in [-0.25, -0.2) is 8.42 Å². The smallest absolute Gasteiger partial charge is 0.217 e. The number of rotatable bonds is 4. The summed E-state index contributed by atoms with van der Waals surface area (Å²) in [6.07, 6.45) is 1.30. The molecule has 0 aromatic heterocycles. The molecule has 0 fully saturated rings. The Hall–Kier alpha value is -0.170. The van der Waals surface area contributed by atoms with Gasteiger partial charge in [0.2, 0.25) is 10.4 Å². The molecule has 0 saturated heterocycles. The van der Waals surface area contributed by atoms with E-state index in [2.05, 4.69) is 23.3 Å². The summed E-state index contributed by atoms with van der Waals surface area (Å²) in [4.78, 5) is 0. The summed E-state index contributed by atoms with van der Waals surface area (Å²) in [5.41, 5.74) is 0. The normalized spacial score (nSPS) is 10.3. The van der Waals surface area contributed by atoms with Crippen LogP contribution in [0.15, 0.2) is 0 Å². The molecular weight excluding hydrogens is 182 g/mol. The maximum Gasteiger partial charge on any atom is 0.217 e. The third-order valence-corrected chi connectivity index (χ3v) is 1.39. The highest BCUT2D eigenvalue weighted by Crippen LogP contribution is 1.74. The lowest BCUT2D eigenvalue weighted by molar-refractivity contribution is -0.651. The van der Waals surface area contributed by atoms with Gasteiger partial charge in [-0.1, -0.05) is 6.92 Å². The second-order valence-corrected chi connectivity index (χ2v) is 3.21. The van der Waals surface area contributed by atoms with Crippen LogP contribution in [0.2, 0.25) is 0 Å². The fourth-order valence-corrected chi connectivity index (χ4v) is 0.408. The van der Waals surface area contributed by atoms with Gasteiger partial charge in [-0.05, 0) is 13.3 Å². The summed E-state index contributed by atoms with van der Waals surface area (Å²) < 4.78 is 31.0. The van der Waals surface area contributed by atoms with Crippen LogP contribution in [0.25, 0.3) is 0 Å². The predicted octanol–water partition coefficient (Wildman–Crippen LogP) is -0.927. The van der Waals surface area contributed by atoms with Crippen LogP contribution in [0.1, 0.15) is 20.3 Å². The van der Waals surface area contributed by atoms with Crippen molar-refractivity contribution < 1.29 is 22.5 Å². The largest absolute Gasteiger partial charge is 0.726 e. The van der Waals surface area contributed by atoms with Gasteiger partial charge < -0.3 is 9.87 Å². The molecule has 0 radical (unpaired) electrons. The number of nitrogens with two attached hydrogens (primary N) is 1. The van der Waals surface area contributed by atoms with Crippen LogP contribution in [0.5, 0.6) is 0 Å². The maximum atomic E-state index is 9.22. The maximum absolute atomic E-state index is 9.22. The molecule has 0 aromatic carbocycles. The average Bonchev–Trinajstić information content (AvgIpc) is 2.01. The van der Waals surface area contributed by atoms with Crippen molar-refractivity contribution in [3.05, 3.63) is 0 Å². The molecule has 0 rings (SSSR count).